The maximum atomic E-state index is 2.50. The molecular formula is C29H26S2. The molecule has 2 aromatic heterocycles. The van der Waals surface area contributed by atoms with Gasteiger partial charge in [-0.2, -0.15) is 0 Å². The van der Waals surface area contributed by atoms with Crippen molar-refractivity contribution in [3.05, 3.63) is 92.7 Å². The molecule has 0 unspecified atom stereocenters. The maximum absolute atomic E-state index is 2.50. The molecule has 0 nitrogen and oxygen atoms in total. The standard InChI is InChI=1S/C29H26S2/c1-3-4-5-6-7-19-9-11-21-20-10-8-18(2)16-24(20)27(25(21)17-19)26-22-12-14-30-28(22)29-23(26)13-15-31-29/h8-17H,3-7H2,1-2H3. The van der Waals surface area contributed by atoms with Crippen LogP contribution in [-0.4, -0.2) is 0 Å². The van der Waals surface area contributed by atoms with Gasteiger partial charge < -0.3 is 0 Å². The van der Waals surface area contributed by atoms with E-state index in [0.29, 0.717) is 0 Å². The van der Waals surface area contributed by atoms with Gasteiger partial charge in [0.05, 0.1) is 9.75 Å². The fourth-order valence-corrected chi connectivity index (χ4v) is 7.23. The fraction of sp³-hybridized carbons (Fsp3) is 0.241. The Bertz CT molecular complexity index is 1290. The van der Waals surface area contributed by atoms with Crippen molar-refractivity contribution in [2.24, 2.45) is 0 Å². The largest absolute Gasteiger partial charge is 0.142 e. The highest BCUT2D eigenvalue weighted by atomic mass is 32.1. The minimum atomic E-state index is 1.18. The topological polar surface area (TPSA) is 0 Å². The Hall–Kier alpha value is -2.42. The van der Waals surface area contributed by atoms with Crippen molar-refractivity contribution in [1.29, 1.82) is 0 Å². The van der Waals surface area contributed by atoms with Crippen molar-refractivity contribution in [2.75, 3.05) is 0 Å². The number of fused-ring (bicyclic) bond motifs is 6. The number of benzene rings is 2. The van der Waals surface area contributed by atoms with Gasteiger partial charge in [0, 0.05) is 16.7 Å². The SMILES string of the molecule is CCCCCCc1ccc2c(c1)C(=C1c3ccsc3-c3sccc31)c1cc(C)ccc1-2. The Kier molecular flexibility index (Phi) is 4.74. The number of rotatable bonds is 5. The van der Waals surface area contributed by atoms with Crippen LogP contribution in [0.3, 0.4) is 0 Å². The van der Waals surface area contributed by atoms with Crippen LogP contribution in [0, 0.1) is 6.92 Å². The Morgan fingerprint density at radius 1 is 0.613 bits per heavy atom. The molecule has 2 heterocycles. The Labute approximate surface area is 192 Å². The van der Waals surface area contributed by atoms with E-state index in [2.05, 4.69) is 73.1 Å². The maximum Gasteiger partial charge on any atom is 0.0527 e. The smallest absolute Gasteiger partial charge is 0.0527 e. The summed E-state index contributed by atoms with van der Waals surface area (Å²) in [5.41, 5.74) is 14.2. The van der Waals surface area contributed by atoms with E-state index in [1.54, 1.807) is 0 Å². The first-order chi connectivity index (χ1) is 15.3. The van der Waals surface area contributed by atoms with Gasteiger partial charge >= 0.3 is 0 Å². The van der Waals surface area contributed by atoms with E-state index in [4.69, 9.17) is 0 Å². The quantitative estimate of drug-likeness (QED) is 0.235. The third kappa shape index (κ3) is 3.00. The first-order valence-electron chi connectivity index (χ1n) is 11.4. The third-order valence-corrected chi connectivity index (χ3v) is 8.73. The fourth-order valence-electron chi connectivity index (χ4n) is 5.24. The van der Waals surface area contributed by atoms with Crippen LogP contribution in [0.15, 0.2) is 59.3 Å². The van der Waals surface area contributed by atoms with Gasteiger partial charge in [0.2, 0.25) is 0 Å². The normalized spacial score (nSPS) is 13.4. The molecule has 2 aliphatic carbocycles. The summed E-state index contributed by atoms with van der Waals surface area (Å²) in [6.45, 7) is 4.50. The lowest BCUT2D eigenvalue weighted by Crippen LogP contribution is -1.92. The lowest BCUT2D eigenvalue weighted by atomic mass is 9.91. The molecule has 31 heavy (non-hydrogen) atoms. The van der Waals surface area contributed by atoms with Crippen LogP contribution in [0.2, 0.25) is 0 Å². The van der Waals surface area contributed by atoms with Crippen molar-refractivity contribution < 1.29 is 0 Å². The van der Waals surface area contributed by atoms with Gasteiger partial charge in [-0.25, -0.2) is 0 Å². The Morgan fingerprint density at radius 2 is 1.26 bits per heavy atom. The first-order valence-corrected chi connectivity index (χ1v) is 13.2. The van der Waals surface area contributed by atoms with Gasteiger partial charge in [-0.1, -0.05) is 68.1 Å². The molecule has 0 spiro atoms. The van der Waals surface area contributed by atoms with Crippen LogP contribution in [0.1, 0.15) is 66.0 Å². The number of aryl methyl sites for hydroxylation is 2. The molecule has 154 valence electrons. The summed E-state index contributed by atoms with van der Waals surface area (Å²) in [5, 5.41) is 4.51. The summed E-state index contributed by atoms with van der Waals surface area (Å²) >= 11 is 3.77. The van der Waals surface area contributed by atoms with E-state index >= 15 is 0 Å². The van der Waals surface area contributed by atoms with Crippen LogP contribution >= 0.6 is 22.7 Å². The lowest BCUT2D eigenvalue weighted by molar-refractivity contribution is 0.667. The molecule has 2 aromatic carbocycles. The molecule has 0 amide bonds. The second kappa shape index (κ2) is 7.62. The molecule has 0 N–H and O–H groups in total. The molecule has 6 rings (SSSR count). The second-order valence-electron chi connectivity index (χ2n) is 8.82. The monoisotopic (exact) mass is 438 g/mol. The molecule has 0 saturated carbocycles. The average Bonchev–Trinajstić information content (AvgIpc) is 3.52. The summed E-state index contributed by atoms with van der Waals surface area (Å²) < 4.78 is 0. The molecule has 2 aliphatic rings. The first kappa shape index (κ1) is 19.3. The minimum Gasteiger partial charge on any atom is -0.142 e. The van der Waals surface area contributed by atoms with E-state index in [0.717, 1.165) is 0 Å². The van der Waals surface area contributed by atoms with Gasteiger partial charge in [0.15, 0.2) is 0 Å². The van der Waals surface area contributed by atoms with E-state index in [-0.39, 0.29) is 0 Å². The molecule has 0 bridgehead atoms. The highest BCUT2D eigenvalue weighted by Gasteiger charge is 2.33. The highest BCUT2D eigenvalue weighted by molar-refractivity contribution is 7.21. The zero-order chi connectivity index (χ0) is 20.9. The zero-order valence-electron chi connectivity index (χ0n) is 18.1. The lowest BCUT2D eigenvalue weighted by Gasteiger charge is -2.11. The molecule has 0 fully saturated rings. The van der Waals surface area contributed by atoms with Gasteiger partial charge in [-0.05, 0) is 76.0 Å². The van der Waals surface area contributed by atoms with E-state index < -0.39 is 0 Å². The van der Waals surface area contributed by atoms with Crippen LogP contribution in [0.4, 0.5) is 0 Å². The van der Waals surface area contributed by atoms with Crippen molar-refractivity contribution in [2.45, 2.75) is 46.0 Å². The van der Waals surface area contributed by atoms with E-state index in [1.165, 1.54) is 97.5 Å². The predicted octanol–water partition coefficient (Wildman–Crippen LogP) is 9.21. The van der Waals surface area contributed by atoms with Gasteiger partial charge in [-0.3, -0.25) is 0 Å². The zero-order valence-corrected chi connectivity index (χ0v) is 19.8. The number of hydrogen-bond acceptors (Lipinski definition) is 2. The molecule has 0 radical (unpaired) electrons. The van der Waals surface area contributed by atoms with E-state index in [1.807, 2.05) is 22.7 Å². The average molecular weight is 439 g/mol. The Balaban J connectivity index is 1.57. The molecule has 0 aliphatic heterocycles. The van der Waals surface area contributed by atoms with E-state index in [9.17, 15) is 0 Å². The van der Waals surface area contributed by atoms with Crippen LogP contribution in [0.5, 0.6) is 0 Å². The molecule has 2 heteroatoms. The number of thiophene rings is 2. The summed E-state index contributed by atoms with van der Waals surface area (Å²) in [4.78, 5) is 2.90. The molecular weight excluding hydrogens is 412 g/mol. The Morgan fingerprint density at radius 3 is 1.97 bits per heavy atom. The number of unbranched alkanes of at least 4 members (excludes halogenated alkanes) is 3. The summed E-state index contributed by atoms with van der Waals surface area (Å²) in [6.07, 6.45) is 6.43. The van der Waals surface area contributed by atoms with Crippen molar-refractivity contribution >= 4 is 33.8 Å². The van der Waals surface area contributed by atoms with Crippen molar-refractivity contribution in [1.82, 2.24) is 0 Å². The molecule has 0 atom stereocenters. The molecule has 0 saturated heterocycles. The summed E-state index contributed by atoms with van der Waals surface area (Å²) in [7, 11) is 0. The van der Waals surface area contributed by atoms with Crippen molar-refractivity contribution in [3.8, 4) is 20.9 Å². The van der Waals surface area contributed by atoms with Gasteiger partial charge in [0.25, 0.3) is 0 Å². The van der Waals surface area contributed by atoms with Gasteiger partial charge in [0.1, 0.15) is 0 Å². The summed E-state index contributed by atoms with van der Waals surface area (Å²) in [6, 6.07) is 18.9. The minimum absolute atomic E-state index is 1.18. The van der Waals surface area contributed by atoms with Gasteiger partial charge in [-0.15, -0.1) is 22.7 Å². The second-order valence-corrected chi connectivity index (χ2v) is 10.6. The number of hydrogen-bond donors (Lipinski definition) is 0. The molecule has 4 aromatic rings. The predicted molar refractivity (Wildman–Crippen MR) is 137 cm³/mol. The van der Waals surface area contributed by atoms with Crippen LogP contribution in [0.25, 0.3) is 32.0 Å². The summed E-state index contributed by atoms with van der Waals surface area (Å²) in [5.74, 6) is 0. The third-order valence-electron chi connectivity index (χ3n) is 6.73. The van der Waals surface area contributed by atoms with Crippen LogP contribution in [-0.2, 0) is 6.42 Å². The highest BCUT2D eigenvalue weighted by Crippen LogP contribution is 2.56. The van der Waals surface area contributed by atoms with Crippen molar-refractivity contribution in [3.63, 3.8) is 0 Å². The van der Waals surface area contributed by atoms with Crippen LogP contribution < -0.4 is 0 Å².